The Labute approximate surface area is 140 Å². The summed E-state index contributed by atoms with van der Waals surface area (Å²) < 4.78 is 5.92. The zero-order valence-electron chi connectivity index (χ0n) is 13.3. The molecule has 1 aromatic heterocycles. The molecule has 2 heterocycles. The van der Waals surface area contributed by atoms with Gasteiger partial charge in [-0.3, -0.25) is 4.79 Å². The predicted molar refractivity (Wildman–Crippen MR) is 94.5 cm³/mol. The van der Waals surface area contributed by atoms with Crippen molar-refractivity contribution in [2.75, 3.05) is 16.8 Å². The molecule has 120 valence electrons. The van der Waals surface area contributed by atoms with Gasteiger partial charge in [0.15, 0.2) is 0 Å². The van der Waals surface area contributed by atoms with E-state index in [1.165, 1.54) is 5.56 Å². The van der Waals surface area contributed by atoms with Crippen LogP contribution in [0, 0.1) is 13.8 Å². The Morgan fingerprint density at radius 3 is 2.91 bits per heavy atom. The van der Waals surface area contributed by atoms with E-state index in [1.54, 1.807) is 18.3 Å². The second-order valence-corrected chi connectivity index (χ2v) is 6.86. The number of carbonyl (C=O) groups is 1. The summed E-state index contributed by atoms with van der Waals surface area (Å²) >= 11 is 1.87. The Balaban J connectivity index is 1.77. The highest BCUT2D eigenvalue weighted by Gasteiger charge is 2.21. The van der Waals surface area contributed by atoms with Crippen molar-refractivity contribution in [1.29, 1.82) is 0 Å². The molecule has 1 aliphatic rings. The van der Waals surface area contributed by atoms with Gasteiger partial charge in [-0.1, -0.05) is 6.07 Å². The summed E-state index contributed by atoms with van der Waals surface area (Å²) in [5.41, 5.74) is 3.60. The number of aromatic nitrogens is 1. The summed E-state index contributed by atoms with van der Waals surface area (Å²) in [6, 6.07) is 9.39. The topological polar surface area (TPSA) is 51.2 Å². The van der Waals surface area contributed by atoms with Gasteiger partial charge in [-0.25, -0.2) is 4.98 Å². The highest BCUT2D eigenvalue weighted by Crippen LogP contribution is 2.25. The normalized spacial score (nSPS) is 17.0. The number of pyridine rings is 1. The van der Waals surface area contributed by atoms with Crippen LogP contribution in [-0.2, 0) is 0 Å². The van der Waals surface area contributed by atoms with Crippen molar-refractivity contribution in [3.63, 3.8) is 0 Å². The van der Waals surface area contributed by atoms with Crippen LogP contribution in [0.4, 0.5) is 5.69 Å². The van der Waals surface area contributed by atoms with Gasteiger partial charge >= 0.3 is 0 Å². The number of benzene rings is 1. The number of aryl methyl sites for hydroxylation is 2. The molecule has 1 aromatic carbocycles. The summed E-state index contributed by atoms with van der Waals surface area (Å²) in [6.45, 7) is 4.08. The number of nitrogens with zero attached hydrogens (tertiary/aromatic N) is 1. The number of ether oxygens (including phenoxy) is 1. The first-order valence-electron chi connectivity index (χ1n) is 7.71. The van der Waals surface area contributed by atoms with E-state index in [9.17, 15) is 4.79 Å². The predicted octanol–water partition coefficient (Wildman–Crippen LogP) is 3.84. The number of amides is 1. The van der Waals surface area contributed by atoms with Crippen molar-refractivity contribution in [1.82, 2.24) is 4.98 Å². The van der Waals surface area contributed by atoms with Crippen LogP contribution in [0.1, 0.15) is 27.9 Å². The molecule has 0 saturated carbocycles. The number of anilines is 1. The van der Waals surface area contributed by atoms with E-state index in [0.29, 0.717) is 11.4 Å². The lowest BCUT2D eigenvalue weighted by molar-refractivity contribution is 0.101. The van der Waals surface area contributed by atoms with E-state index in [2.05, 4.69) is 10.3 Å². The lowest BCUT2D eigenvalue weighted by Gasteiger charge is -2.15. The van der Waals surface area contributed by atoms with Gasteiger partial charge in [0.2, 0.25) is 5.88 Å². The molecule has 1 amide bonds. The average molecular weight is 328 g/mol. The van der Waals surface area contributed by atoms with Gasteiger partial charge < -0.3 is 10.1 Å². The van der Waals surface area contributed by atoms with Crippen LogP contribution in [0.2, 0.25) is 0 Å². The maximum absolute atomic E-state index is 12.6. The Kier molecular flexibility index (Phi) is 4.86. The zero-order chi connectivity index (χ0) is 16.2. The molecule has 0 aliphatic carbocycles. The number of carbonyl (C=O) groups excluding carboxylic acids is 1. The third kappa shape index (κ3) is 3.85. The second kappa shape index (κ2) is 7.04. The standard InChI is InChI=1S/C18H20N2O2S/c1-12-5-6-14(10-13(12)2)20-17(21)16-4-3-8-19-18(16)22-15-7-9-23-11-15/h3-6,8,10,15H,7,9,11H2,1-2H3,(H,20,21). The molecule has 1 atom stereocenters. The molecule has 3 rings (SSSR count). The molecule has 1 N–H and O–H groups in total. The first-order chi connectivity index (χ1) is 11.1. The lowest BCUT2D eigenvalue weighted by atomic mass is 10.1. The Hall–Kier alpha value is -2.01. The summed E-state index contributed by atoms with van der Waals surface area (Å²) in [7, 11) is 0. The fourth-order valence-corrected chi connectivity index (χ4v) is 3.53. The van der Waals surface area contributed by atoms with E-state index < -0.39 is 0 Å². The molecule has 5 heteroatoms. The van der Waals surface area contributed by atoms with Gasteiger partial charge in [0, 0.05) is 17.6 Å². The summed E-state index contributed by atoms with van der Waals surface area (Å²) in [5.74, 6) is 2.28. The minimum Gasteiger partial charge on any atom is -0.473 e. The third-order valence-corrected chi connectivity index (χ3v) is 5.08. The molecular weight excluding hydrogens is 308 g/mol. The van der Waals surface area contributed by atoms with Crippen molar-refractivity contribution in [3.05, 3.63) is 53.2 Å². The summed E-state index contributed by atoms with van der Waals surface area (Å²) in [6.07, 6.45) is 2.80. The first-order valence-corrected chi connectivity index (χ1v) is 8.87. The molecule has 4 nitrogen and oxygen atoms in total. The number of nitrogens with one attached hydrogen (secondary N) is 1. The third-order valence-electron chi connectivity index (χ3n) is 3.95. The zero-order valence-corrected chi connectivity index (χ0v) is 14.2. The number of thioether (sulfide) groups is 1. The van der Waals surface area contributed by atoms with Crippen LogP contribution in [0.5, 0.6) is 5.88 Å². The Bertz CT molecular complexity index is 712. The Morgan fingerprint density at radius 1 is 1.30 bits per heavy atom. The molecule has 2 aromatic rings. The molecular formula is C18H20N2O2S. The monoisotopic (exact) mass is 328 g/mol. The molecule has 0 spiro atoms. The molecule has 1 unspecified atom stereocenters. The maximum atomic E-state index is 12.6. The van der Waals surface area contributed by atoms with Gasteiger partial charge in [0.1, 0.15) is 11.7 Å². The highest BCUT2D eigenvalue weighted by atomic mass is 32.2. The molecule has 1 fully saturated rings. The first kappa shape index (κ1) is 15.9. The molecule has 1 saturated heterocycles. The van der Waals surface area contributed by atoms with Gasteiger partial charge in [0.05, 0.1) is 0 Å². The highest BCUT2D eigenvalue weighted by molar-refractivity contribution is 7.99. The SMILES string of the molecule is Cc1ccc(NC(=O)c2cccnc2OC2CCSC2)cc1C. The van der Waals surface area contributed by atoms with Gasteiger partial charge in [0.25, 0.3) is 5.91 Å². The van der Waals surface area contributed by atoms with Crippen molar-refractivity contribution in [3.8, 4) is 5.88 Å². The molecule has 1 aliphatic heterocycles. The van der Waals surface area contributed by atoms with E-state index in [-0.39, 0.29) is 12.0 Å². The van der Waals surface area contributed by atoms with Crippen LogP contribution in [0.15, 0.2) is 36.5 Å². The van der Waals surface area contributed by atoms with Crippen LogP contribution in [-0.4, -0.2) is 28.5 Å². The molecule has 0 radical (unpaired) electrons. The number of hydrogen-bond donors (Lipinski definition) is 1. The summed E-state index contributed by atoms with van der Waals surface area (Å²) in [5, 5.41) is 2.93. The Morgan fingerprint density at radius 2 is 2.17 bits per heavy atom. The van der Waals surface area contributed by atoms with E-state index in [1.807, 2.05) is 43.8 Å². The van der Waals surface area contributed by atoms with Crippen LogP contribution in [0.25, 0.3) is 0 Å². The average Bonchev–Trinajstić information content (AvgIpc) is 3.04. The van der Waals surface area contributed by atoms with E-state index in [4.69, 9.17) is 4.74 Å². The van der Waals surface area contributed by atoms with Crippen LogP contribution >= 0.6 is 11.8 Å². The molecule has 23 heavy (non-hydrogen) atoms. The second-order valence-electron chi connectivity index (χ2n) is 5.71. The van der Waals surface area contributed by atoms with Crippen molar-refractivity contribution in [2.45, 2.75) is 26.4 Å². The minimum atomic E-state index is -0.193. The van der Waals surface area contributed by atoms with Crippen molar-refractivity contribution in [2.24, 2.45) is 0 Å². The fourth-order valence-electron chi connectivity index (χ4n) is 2.44. The fraction of sp³-hybridized carbons (Fsp3) is 0.333. The smallest absolute Gasteiger partial charge is 0.261 e. The van der Waals surface area contributed by atoms with Gasteiger partial charge in [-0.15, -0.1) is 0 Å². The van der Waals surface area contributed by atoms with Crippen molar-refractivity contribution < 1.29 is 9.53 Å². The van der Waals surface area contributed by atoms with Crippen molar-refractivity contribution >= 4 is 23.4 Å². The largest absolute Gasteiger partial charge is 0.473 e. The van der Waals surface area contributed by atoms with E-state index >= 15 is 0 Å². The summed E-state index contributed by atoms with van der Waals surface area (Å²) in [4.78, 5) is 16.8. The maximum Gasteiger partial charge on any atom is 0.261 e. The quantitative estimate of drug-likeness (QED) is 0.926. The van der Waals surface area contributed by atoms with Gasteiger partial charge in [-0.05, 0) is 61.4 Å². The minimum absolute atomic E-state index is 0.142. The molecule has 0 bridgehead atoms. The number of rotatable bonds is 4. The van der Waals surface area contributed by atoms with E-state index in [0.717, 1.165) is 29.2 Å². The van der Waals surface area contributed by atoms with Gasteiger partial charge in [-0.2, -0.15) is 11.8 Å². The van der Waals surface area contributed by atoms with Crippen LogP contribution in [0.3, 0.4) is 0 Å². The van der Waals surface area contributed by atoms with Crippen LogP contribution < -0.4 is 10.1 Å². The lowest BCUT2D eigenvalue weighted by Crippen LogP contribution is -2.20. The number of hydrogen-bond acceptors (Lipinski definition) is 4.